The molecule has 0 radical (unpaired) electrons. The fourth-order valence-corrected chi connectivity index (χ4v) is 1.89. The minimum Gasteiger partial charge on any atom is -0.328 e. The van der Waals surface area contributed by atoms with Gasteiger partial charge in [-0.05, 0) is 24.9 Å². The Kier molecular flexibility index (Phi) is 2.62. The summed E-state index contributed by atoms with van der Waals surface area (Å²) in [5.74, 6) is 0. The van der Waals surface area contributed by atoms with E-state index in [1.165, 1.54) is 5.56 Å². The molecule has 1 aliphatic heterocycles. The Labute approximate surface area is 79.1 Å². The molecule has 1 fully saturated rings. The number of piperidine rings is 1. The number of hydrogen-bond donors (Lipinski definition) is 2. The normalized spacial score (nSPS) is 28.7. The summed E-state index contributed by atoms with van der Waals surface area (Å²) < 4.78 is 0. The molecule has 1 heterocycles. The largest absolute Gasteiger partial charge is 0.328 e. The molecule has 0 bridgehead atoms. The average molecular weight is 176 g/mol. The van der Waals surface area contributed by atoms with E-state index in [0.29, 0.717) is 12.1 Å². The summed E-state index contributed by atoms with van der Waals surface area (Å²) >= 11 is 0. The van der Waals surface area contributed by atoms with Gasteiger partial charge in [0.25, 0.3) is 0 Å². The van der Waals surface area contributed by atoms with Gasteiger partial charge in [-0.2, -0.15) is 0 Å². The Morgan fingerprint density at radius 3 is 2.69 bits per heavy atom. The molecule has 1 aromatic rings. The van der Waals surface area contributed by atoms with E-state index in [1.807, 2.05) is 6.07 Å². The first-order valence-corrected chi connectivity index (χ1v) is 4.90. The van der Waals surface area contributed by atoms with Crippen molar-refractivity contribution < 1.29 is 0 Å². The van der Waals surface area contributed by atoms with Crippen LogP contribution in [0, 0.1) is 0 Å². The van der Waals surface area contributed by atoms with Crippen molar-refractivity contribution in [3.8, 4) is 0 Å². The lowest BCUT2D eigenvalue weighted by molar-refractivity contribution is 0.369. The summed E-state index contributed by atoms with van der Waals surface area (Å²) in [4.78, 5) is 0. The highest BCUT2D eigenvalue weighted by molar-refractivity contribution is 5.19. The highest BCUT2D eigenvalue weighted by Crippen LogP contribution is 2.21. The summed E-state index contributed by atoms with van der Waals surface area (Å²) in [7, 11) is 0. The number of nitrogens with two attached hydrogens (primary N) is 1. The molecule has 2 nitrogen and oxygen atoms in total. The molecule has 0 aromatic heterocycles. The molecular weight excluding hydrogens is 160 g/mol. The predicted octanol–water partition coefficient (Wildman–Crippen LogP) is 1.44. The number of hydrogen-bond acceptors (Lipinski definition) is 2. The van der Waals surface area contributed by atoms with Crippen LogP contribution in [0.2, 0.25) is 0 Å². The topological polar surface area (TPSA) is 38.0 Å². The Balaban J connectivity index is 2.08. The van der Waals surface area contributed by atoms with Gasteiger partial charge in [-0.15, -0.1) is 0 Å². The lowest BCUT2D eigenvalue weighted by atomic mass is 9.94. The monoisotopic (exact) mass is 176 g/mol. The Morgan fingerprint density at radius 1 is 1.23 bits per heavy atom. The highest BCUT2D eigenvalue weighted by Gasteiger charge is 2.19. The molecule has 3 N–H and O–H groups in total. The molecular formula is C11H16N2. The minimum absolute atomic E-state index is 0.367. The molecule has 0 aliphatic carbocycles. The van der Waals surface area contributed by atoms with Crippen LogP contribution in [0.1, 0.15) is 24.4 Å². The molecule has 13 heavy (non-hydrogen) atoms. The molecule has 1 saturated heterocycles. The first-order valence-electron chi connectivity index (χ1n) is 4.90. The van der Waals surface area contributed by atoms with E-state index in [4.69, 9.17) is 5.73 Å². The van der Waals surface area contributed by atoms with E-state index in [-0.39, 0.29) is 0 Å². The van der Waals surface area contributed by atoms with E-state index in [1.54, 1.807) is 0 Å². The summed E-state index contributed by atoms with van der Waals surface area (Å²) in [5, 5.41) is 3.49. The van der Waals surface area contributed by atoms with Crippen molar-refractivity contribution in [1.82, 2.24) is 5.32 Å². The van der Waals surface area contributed by atoms with Gasteiger partial charge in [0.05, 0.1) is 0 Å². The lowest BCUT2D eigenvalue weighted by Crippen LogP contribution is -2.38. The van der Waals surface area contributed by atoms with Crippen LogP contribution in [0.4, 0.5) is 0 Å². The first kappa shape index (κ1) is 8.73. The van der Waals surface area contributed by atoms with Crippen molar-refractivity contribution in [1.29, 1.82) is 0 Å². The molecule has 1 aromatic carbocycles. The lowest BCUT2D eigenvalue weighted by Gasteiger charge is -2.28. The summed E-state index contributed by atoms with van der Waals surface area (Å²) in [6, 6.07) is 11.4. The quantitative estimate of drug-likeness (QED) is 0.679. The first-order chi connectivity index (χ1) is 6.36. The number of rotatable bonds is 1. The number of nitrogens with one attached hydrogen (secondary N) is 1. The second-order valence-corrected chi connectivity index (χ2v) is 3.70. The highest BCUT2D eigenvalue weighted by atomic mass is 14.9. The van der Waals surface area contributed by atoms with E-state index in [0.717, 1.165) is 19.4 Å². The fraction of sp³-hybridized carbons (Fsp3) is 0.455. The predicted molar refractivity (Wildman–Crippen MR) is 54.4 cm³/mol. The van der Waals surface area contributed by atoms with E-state index in [2.05, 4.69) is 29.6 Å². The maximum atomic E-state index is 5.92. The van der Waals surface area contributed by atoms with Crippen molar-refractivity contribution in [3.05, 3.63) is 35.9 Å². The third-order valence-electron chi connectivity index (χ3n) is 2.65. The Bertz CT molecular complexity index is 258. The SMILES string of the molecule is N[C@@H]1CCN[C@@H](c2ccccc2)C1. The molecule has 2 heteroatoms. The van der Waals surface area contributed by atoms with Crippen LogP contribution in [0.25, 0.3) is 0 Å². The second-order valence-electron chi connectivity index (χ2n) is 3.70. The standard InChI is InChI=1S/C11H16N2/c12-10-6-7-13-11(8-10)9-4-2-1-3-5-9/h1-5,10-11,13H,6-8,12H2/t10-,11-/m1/s1. The van der Waals surface area contributed by atoms with Gasteiger partial charge < -0.3 is 11.1 Å². The maximum absolute atomic E-state index is 5.92. The van der Waals surface area contributed by atoms with Gasteiger partial charge in [-0.3, -0.25) is 0 Å². The third kappa shape index (κ3) is 2.08. The Hall–Kier alpha value is -0.860. The third-order valence-corrected chi connectivity index (χ3v) is 2.65. The summed E-state index contributed by atoms with van der Waals surface area (Å²) in [6.07, 6.45) is 2.16. The van der Waals surface area contributed by atoms with Crippen molar-refractivity contribution in [3.63, 3.8) is 0 Å². The van der Waals surface area contributed by atoms with Crippen LogP contribution in [-0.4, -0.2) is 12.6 Å². The molecule has 2 rings (SSSR count). The zero-order valence-corrected chi connectivity index (χ0v) is 7.74. The zero-order valence-electron chi connectivity index (χ0n) is 7.74. The van der Waals surface area contributed by atoms with Crippen molar-refractivity contribution >= 4 is 0 Å². The average Bonchev–Trinajstić information content (AvgIpc) is 2.19. The summed E-state index contributed by atoms with van der Waals surface area (Å²) in [6.45, 7) is 1.04. The van der Waals surface area contributed by atoms with E-state index < -0.39 is 0 Å². The summed E-state index contributed by atoms with van der Waals surface area (Å²) in [5.41, 5.74) is 7.28. The van der Waals surface area contributed by atoms with Crippen molar-refractivity contribution in [2.75, 3.05) is 6.54 Å². The molecule has 70 valence electrons. The van der Waals surface area contributed by atoms with Gasteiger partial charge in [-0.25, -0.2) is 0 Å². The molecule has 0 saturated carbocycles. The zero-order chi connectivity index (χ0) is 9.10. The van der Waals surface area contributed by atoms with Gasteiger partial charge in [0.15, 0.2) is 0 Å². The molecule has 0 unspecified atom stereocenters. The van der Waals surface area contributed by atoms with Crippen molar-refractivity contribution in [2.24, 2.45) is 5.73 Å². The van der Waals surface area contributed by atoms with Crippen LogP contribution in [0.5, 0.6) is 0 Å². The van der Waals surface area contributed by atoms with Gasteiger partial charge in [0, 0.05) is 12.1 Å². The molecule has 0 amide bonds. The van der Waals surface area contributed by atoms with Crippen LogP contribution >= 0.6 is 0 Å². The van der Waals surface area contributed by atoms with Crippen LogP contribution in [-0.2, 0) is 0 Å². The van der Waals surface area contributed by atoms with Crippen LogP contribution < -0.4 is 11.1 Å². The smallest absolute Gasteiger partial charge is 0.0334 e. The maximum Gasteiger partial charge on any atom is 0.0334 e. The fourth-order valence-electron chi connectivity index (χ4n) is 1.89. The van der Waals surface area contributed by atoms with Gasteiger partial charge in [0.1, 0.15) is 0 Å². The number of benzene rings is 1. The molecule has 0 spiro atoms. The van der Waals surface area contributed by atoms with Crippen molar-refractivity contribution in [2.45, 2.75) is 24.9 Å². The van der Waals surface area contributed by atoms with Gasteiger partial charge in [-0.1, -0.05) is 30.3 Å². The second kappa shape index (κ2) is 3.90. The van der Waals surface area contributed by atoms with Crippen LogP contribution in [0.15, 0.2) is 30.3 Å². The van der Waals surface area contributed by atoms with E-state index >= 15 is 0 Å². The van der Waals surface area contributed by atoms with Crippen LogP contribution in [0.3, 0.4) is 0 Å². The van der Waals surface area contributed by atoms with E-state index in [9.17, 15) is 0 Å². The van der Waals surface area contributed by atoms with Gasteiger partial charge in [0.2, 0.25) is 0 Å². The molecule has 1 aliphatic rings. The minimum atomic E-state index is 0.367. The Morgan fingerprint density at radius 2 is 2.00 bits per heavy atom. The molecule has 2 atom stereocenters. The van der Waals surface area contributed by atoms with Gasteiger partial charge >= 0.3 is 0 Å².